The highest BCUT2D eigenvalue weighted by Crippen LogP contribution is 2.13. The van der Waals surface area contributed by atoms with E-state index in [0.717, 1.165) is 17.3 Å². The molecule has 0 fully saturated rings. The third-order valence-electron chi connectivity index (χ3n) is 2.34. The number of benzene rings is 1. The molecule has 1 aromatic carbocycles. The quantitative estimate of drug-likeness (QED) is 0.477. The van der Waals surface area contributed by atoms with Gasteiger partial charge in [0.1, 0.15) is 0 Å². The molecule has 21 heavy (non-hydrogen) atoms. The highest BCUT2D eigenvalue weighted by atomic mass is 16.1. The van der Waals surface area contributed by atoms with Crippen molar-refractivity contribution in [2.45, 2.75) is 47.1 Å². The van der Waals surface area contributed by atoms with Crippen molar-refractivity contribution in [1.82, 2.24) is 0 Å². The Kier molecular flexibility index (Phi) is 18.9. The lowest BCUT2D eigenvalue weighted by molar-refractivity contribution is -0.130. The first-order valence-electron chi connectivity index (χ1n) is 7.31. The molecule has 0 saturated carbocycles. The Bertz CT molecular complexity index is 392. The van der Waals surface area contributed by atoms with Crippen molar-refractivity contribution in [2.24, 2.45) is 11.5 Å². The summed E-state index contributed by atoms with van der Waals surface area (Å²) in [7, 11) is 1.50. The van der Waals surface area contributed by atoms with Gasteiger partial charge < -0.3 is 17.2 Å². The molecule has 1 aromatic rings. The van der Waals surface area contributed by atoms with E-state index < -0.39 is 6.04 Å². The van der Waals surface area contributed by atoms with Crippen molar-refractivity contribution < 1.29 is 10.2 Å². The molecule has 0 saturated heterocycles. The van der Waals surface area contributed by atoms with E-state index in [-0.39, 0.29) is 5.78 Å². The zero-order chi connectivity index (χ0) is 17.4. The van der Waals surface area contributed by atoms with Crippen molar-refractivity contribution in [3.05, 3.63) is 29.3 Å². The fourth-order valence-corrected chi connectivity index (χ4v) is 1.41. The number of nitrogen functional groups attached to an aromatic ring is 1. The normalized spacial score (nSPS) is 9.52. The summed E-state index contributed by atoms with van der Waals surface area (Å²) in [4.78, 5) is 11.2. The standard InChI is InChI=1S/C11H15N3O.2C2H6.CH5N/c1-7-4-9(13)3-2-8(7)5-10(14)11(15)6-12;3*1-2/h2-4,6,10,12H,5,13-14H2,1H3;2*1-2H3;2H2,1H3/p+1. The lowest BCUT2D eigenvalue weighted by atomic mass is 9.99. The molecule has 0 bridgehead atoms. The lowest BCUT2D eigenvalue weighted by Gasteiger charge is -2.09. The van der Waals surface area contributed by atoms with E-state index in [9.17, 15) is 4.79 Å². The minimum Gasteiger partial charge on any atom is -0.399 e. The molecule has 0 aliphatic carbocycles. The molecular formula is C16H33N4O+. The van der Waals surface area contributed by atoms with Gasteiger partial charge in [-0.2, -0.15) is 0 Å². The molecule has 1 atom stereocenters. The number of aryl methyl sites for hydroxylation is 1. The van der Waals surface area contributed by atoms with Crippen LogP contribution in [0.5, 0.6) is 0 Å². The largest absolute Gasteiger partial charge is 0.399 e. The van der Waals surface area contributed by atoms with Crippen LogP contribution in [0.15, 0.2) is 18.2 Å². The Morgan fingerprint density at radius 2 is 1.71 bits per heavy atom. The Morgan fingerprint density at radius 1 is 1.24 bits per heavy atom. The van der Waals surface area contributed by atoms with Gasteiger partial charge in [0, 0.05) is 5.69 Å². The third-order valence-corrected chi connectivity index (χ3v) is 2.34. The van der Waals surface area contributed by atoms with Crippen molar-refractivity contribution in [3.63, 3.8) is 0 Å². The van der Waals surface area contributed by atoms with Crippen molar-refractivity contribution in [1.29, 1.82) is 0 Å². The van der Waals surface area contributed by atoms with Crippen LogP contribution in [0.4, 0.5) is 5.69 Å². The van der Waals surface area contributed by atoms with E-state index in [2.05, 4.69) is 5.73 Å². The van der Waals surface area contributed by atoms with Crippen LogP contribution >= 0.6 is 0 Å². The van der Waals surface area contributed by atoms with E-state index >= 15 is 0 Å². The first-order valence-corrected chi connectivity index (χ1v) is 7.31. The van der Waals surface area contributed by atoms with Gasteiger partial charge in [-0.15, -0.1) is 0 Å². The summed E-state index contributed by atoms with van der Waals surface area (Å²) in [5.41, 5.74) is 18.6. The van der Waals surface area contributed by atoms with Gasteiger partial charge in [0.05, 0.1) is 6.04 Å². The second-order valence-corrected chi connectivity index (χ2v) is 3.57. The van der Waals surface area contributed by atoms with E-state index in [1.54, 1.807) is 6.07 Å². The van der Waals surface area contributed by atoms with Gasteiger partial charge >= 0.3 is 0 Å². The van der Waals surface area contributed by atoms with Crippen LogP contribution in [0.3, 0.4) is 0 Å². The topological polar surface area (TPSA) is 121 Å². The summed E-state index contributed by atoms with van der Waals surface area (Å²) in [6.07, 6.45) is 1.50. The summed E-state index contributed by atoms with van der Waals surface area (Å²) in [6.45, 7) is 9.94. The molecule has 0 spiro atoms. The maximum Gasteiger partial charge on any atom is 0.235 e. The van der Waals surface area contributed by atoms with Crippen molar-refractivity contribution in [2.75, 3.05) is 12.8 Å². The molecule has 122 valence electrons. The van der Waals surface area contributed by atoms with Gasteiger partial charge in [-0.3, -0.25) is 10.2 Å². The Balaban J connectivity index is -0.000000478. The Hall–Kier alpha value is -1.72. The SMILES string of the molecule is CC.CC.CN.Cc1cc(N)ccc1CC(N)C(=O)C=[NH2+]. The number of hydrogen-bond acceptors (Lipinski definition) is 4. The predicted octanol–water partition coefficient (Wildman–Crippen LogP) is 0.473. The maximum absolute atomic E-state index is 11.2. The summed E-state index contributed by atoms with van der Waals surface area (Å²) in [6, 6.07) is 4.97. The number of carbonyl (C=O) groups excluding carboxylic acids is 1. The average molecular weight is 297 g/mol. The molecule has 0 aromatic heterocycles. The van der Waals surface area contributed by atoms with Crippen LogP contribution < -0.4 is 22.6 Å². The Morgan fingerprint density at radius 3 is 2.10 bits per heavy atom. The molecule has 1 rings (SSSR count). The fraction of sp³-hybridized carbons (Fsp3) is 0.500. The molecule has 0 amide bonds. The van der Waals surface area contributed by atoms with E-state index in [1.165, 1.54) is 7.05 Å². The van der Waals surface area contributed by atoms with Gasteiger partial charge in [-0.05, 0) is 43.7 Å². The molecule has 5 heteroatoms. The van der Waals surface area contributed by atoms with E-state index in [4.69, 9.17) is 16.9 Å². The lowest BCUT2D eigenvalue weighted by Crippen LogP contribution is -2.43. The number of Topliss-reactive ketones (excluding diaryl/α,β-unsaturated/α-hetero) is 1. The van der Waals surface area contributed by atoms with Crippen LogP contribution in [0.1, 0.15) is 38.8 Å². The Labute approximate surface area is 129 Å². The zero-order valence-corrected chi connectivity index (χ0v) is 14.3. The number of rotatable bonds is 4. The first kappa shape index (κ1) is 24.3. The number of ketones is 1. The third kappa shape index (κ3) is 10.7. The first-order chi connectivity index (χ1) is 10.0. The number of hydrogen-bond donors (Lipinski definition) is 4. The second kappa shape index (κ2) is 16.3. The zero-order valence-electron chi connectivity index (χ0n) is 14.3. The van der Waals surface area contributed by atoms with E-state index in [1.807, 2.05) is 46.8 Å². The number of nitrogens with two attached hydrogens (primary N) is 4. The summed E-state index contributed by atoms with van der Waals surface area (Å²) in [5.74, 6) is -0.244. The van der Waals surface area contributed by atoms with E-state index in [0.29, 0.717) is 12.1 Å². The number of carbonyl (C=O) groups is 1. The fourth-order valence-electron chi connectivity index (χ4n) is 1.41. The minimum absolute atomic E-state index is 0.244. The maximum atomic E-state index is 11.2. The molecule has 0 heterocycles. The average Bonchev–Trinajstić information content (AvgIpc) is 2.55. The van der Waals surface area contributed by atoms with Gasteiger partial charge in [0.2, 0.25) is 12.0 Å². The van der Waals surface area contributed by atoms with Crippen LogP contribution in [0.2, 0.25) is 0 Å². The van der Waals surface area contributed by atoms with Crippen LogP contribution in [-0.4, -0.2) is 25.1 Å². The minimum atomic E-state index is -0.572. The molecule has 1 unspecified atom stereocenters. The summed E-state index contributed by atoms with van der Waals surface area (Å²) < 4.78 is 0. The second-order valence-electron chi connectivity index (χ2n) is 3.57. The highest BCUT2D eigenvalue weighted by Gasteiger charge is 2.14. The van der Waals surface area contributed by atoms with Crippen molar-refractivity contribution >= 4 is 17.7 Å². The number of anilines is 1. The molecule has 8 N–H and O–H groups in total. The smallest absolute Gasteiger partial charge is 0.235 e. The summed E-state index contributed by atoms with van der Waals surface area (Å²) >= 11 is 0. The van der Waals surface area contributed by atoms with Gasteiger partial charge in [0.15, 0.2) is 0 Å². The van der Waals surface area contributed by atoms with Crippen LogP contribution in [-0.2, 0) is 11.2 Å². The van der Waals surface area contributed by atoms with Gasteiger partial charge in [-0.1, -0.05) is 33.8 Å². The molecule has 5 nitrogen and oxygen atoms in total. The van der Waals surface area contributed by atoms with Crippen LogP contribution in [0, 0.1) is 6.92 Å². The molecular weight excluding hydrogens is 264 g/mol. The predicted molar refractivity (Wildman–Crippen MR) is 93.1 cm³/mol. The highest BCUT2D eigenvalue weighted by molar-refractivity contribution is 6.27. The summed E-state index contributed by atoms with van der Waals surface area (Å²) in [5, 5.41) is 5.11. The molecule has 0 radical (unpaired) electrons. The van der Waals surface area contributed by atoms with Gasteiger partial charge in [-0.25, -0.2) is 0 Å². The molecule has 0 aliphatic heterocycles. The molecule has 0 aliphatic rings. The van der Waals surface area contributed by atoms with Crippen LogP contribution in [0.25, 0.3) is 0 Å². The van der Waals surface area contributed by atoms with Gasteiger partial charge in [0.25, 0.3) is 0 Å². The van der Waals surface area contributed by atoms with Crippen molar-refractivity contribution in [3.8, 4) is 0 Å². The monoisotopic (exact) mass is 297 g/mol.